The molecule has 6 nitrogen and oxygen atoms in total. The van der Waals surface area contributed by atoms with Crippen LogP contribution < -0.4 is 0 Å². The highest BCUT2D eigenvalue weighted by atomic mass is 32.2. The van der Waals surface area contributed by atoms with E-state index < -0.39 is 5.97 Å². The van der Waals surface area contributed by atoms with Crippen molar-refractivity contribution < 1.29 is 19.1 Å². The van der Waals surface area contributed by atoms with Crippen LogP contribution in [0.4, 0.5) is 0 Å². The summed E-state index contributed by atoms with van der Waals surface area (Å²) in [6.45, 7) is 2.50. The van der Waals surface area contributed by atoms with Crippen LogP contribution in [0.25, 0.3) is 11.0 Å². The Hall–Kier alpha value is -2.51. The van der Waals surface area contributed by atoms with Gasteiger partial charge in [-0.2, -0.15) is 0 Å². The SMILES string of the molecule is CCOC(=O)c1c(CSc2ccccn2)oc2ccc(O)c(CN(C)C)c12. The maximum atomic E-state index is 12.7. The van der Waals surface area contributed by atoms with Crippen molar-refractivity contribution in [1.29, 1.82) is 0 Å². The van der Waals surface area contributed by atoms with E-state index in [0.717, 1.165) is 5.03 Å². The third-order valence-electron chi connectivity index (χ3n) is 3.95. The van der Waals surface area contributed by atoms with Crippen molar-refractivity contribution >= 4 is 28.7 Å². The lowest BCUT2D eigenvalue weighted by Crippen LogP contribution is -2.12. The van der Waals surface area contributed by atoms with Gasteiger partial charge in [0, 0.05) is 23.7 Å². The zero-order valence-corrected chi connectivity index (χ0v) is 16.4. The van der Waals surface area contributed by atoms with Gasteiger partial charge >= 0.3 is 5.97 Å². The van der Waals surface area contributed by atoms with Crippen molar-refractivity contribution in [1.82, 2.24) is 9.88 Å². The predicted octanol–water partition coefficient (Wildman–Crippen LogP) is 4.06. The van der Waals surface area contributed by atoms with Gasteiger partial charge in [-0.15, -0.1) is 0 Å². The molecule has 0 radical (unpaired) electrons. The van der Waals surface area contributed by atoms with Crippen molar-refractivity contribution in [3.05, 3.63) is 53.4 Å². The van der Waals surface area contributed by atoms with Crippen molar-refractivity contribution in [2.24, 2.45) is 0 Å². The normalized spacial score (nSPS) is 11.3. The first-order valence-corrected chi connectivity index (χ1v) is 9.61. The molecule has 0 spiro atoms. The highest BCUT2D eigenvalue weighted by Gasteiger charge is 2.26. The fraction of sp³-hybridized carbons (Fsp3) is 0.300. The molecular weight excluding hydrogens is 364 g/mol. The number of benzene rings is 1. The van der Waals surface area contributed by atoms with Crippen LogP contribution in [-0.2, 0) is 17.0 Å². The molecule has 0 atom stereocenters. The van der Waals surface area contributed by atoms with E-state index in [1.165, 1.54) is 11.8 Å². The second-order valence-corrected chi connectivity index (χ2v) is 7.25. The van der Waals surface area contributed by atoms with E-state index in [4.69, 9.17) is 9.15 Å². The summed E-state index contributed by atoms with van der Waals surface area (Å²) >= 11 is 1.48. The first kappa shape index (κ1) is 19.3. The third kappa shape index (κ3) is 4.26. The minimum absolute atomic E-state index is 0.131. The number of carbonyl (C=O) groups excluding carboxylic acids is 1. The number of phenols is 1. The molecule has 0 aliphatic rings. The Morgan fingerprint density at radius 3 is 2.78 bits per heavy atom. The third-order valence-corrected chi connectivity index (χ3v) is 4.90. The van der Waals surface area contributed by atoms with Gasteiger partial charge in [0.25, 0.3) is 0 Å². The lowest BCUT2D eigenvalue weighted by Gasteiger charge is -2.13. The van der Waals surface area contributed by atoms with Gasteiger partial charge in [-0.3, -0.25) is 0 Å². The standard InChI is InChI=1S/C20H22N2O4S/c1-4-25-20(24)19-16(12-27-17-7-5-6-10-21-17)26-15-9-8-14(23)13(18(15)19)11-22(2)3/h5-10,23H,4,11-12H2,1-3H3. The topological polar surface area (TPSA) is 75.8 Å². The van der Waals surface area contributed by atoms with Crippen LogP contribution in [0.1, 0.15) is 28.6 Å². The van der Waals surface area contributed by atoms with Gasteiger partial charge in [-0.25, -0.2) is 9.78 Å². The number of furan rings is 1. The van der Waals surface area contributed by atoms with Crippen LogP contribution in [0.15, 0.2) is 46.0 Å². The van der Waals surface area contributed by atoms with Gasteiger partial charge < -0.3 is 19.2 Å². The van der Waals surface area contributed by atoms with Crippen molar-refractivity contribution in [2.45, 2.75) is 24.2 Å². The summed E-state index contributed by atoms with van der Waals surface area (Å²) < 4.78 is 11.3. The zero-order valence-electron chi connectivity index (χ0n) is 15.6. The lowest BCUT2D eigenvalue weighted by atomic mass is 10.0. The number of fused-ring (bicyclic) bond motifs is 1. The minimum atomic E-state index is -0.446. The number of nitrogens with zero attached hydrogens (tertiary/aromatic N) is 2. The van der Waals surface area contributed by atoms with Crippen molar-refractivity contribution in [2.75, 3.05) is 20.7 Å². The number of pyridine rings is 1. The van der Waals surface area contributed by atoms with Gasteiger partial charge in [-0.05, 0) is 45.3 Å². The summed E-state index contributed by atoms with van der Waals surface area (Å²) in [4.78, 5) is 18.9. The first-order valence-electron chi connectivity index (χ1n) is 8.63. The number of carbonyl (C=O) groups is 1. The average Bonchev–Trinajstić information content (AvgIpc) is 3.02. The van der Waals surface area contributed by atoms with Gasteiger partial charge in [-0.1, -0.05) is 17.8 Å². The number of phenolic OH excluding ortho intramolecular Hbond substituents is 1. The van der Waals surface area contributed by atoms with Crippen LogP contribution in [0.5, 0.6) is 5.75 Å². The zero-order chi connectivity index (χ0) is 19.4. The Morgan fingerprint density at radius 2 is 2.11 bits per heavy atom. The number of aromatic hydroxyl groups is 1. The quantitative estimate of drug-likeness (QED) is 0.485. The molecule has 2 aromatic heterocycles. The van der Waals surface area contributed by atoms with E-state index in [1.807, 2.05) is 37.2 Å². The van der Waals surface area contributed by atoms with Crippen LogP contribution >= 0.6 is 11.8 Å². The summed E-state index contributed by atoms with van der Waals surface area (Å²) in [7, 11) is 3.81. The number of rotatable bonds is 7. The summed E-state index contributed by atoms with van der Waals surface area (Å²) in [5.74, 6) is 0.636. The van der Waals surface area contributed by atoms with Crippen LogP contribution in [0, 0.1) is 0 Å². The molecule has 142 valence electrons. The molecule has 2 heterocycles. The van der Waals surface area contributed by atoms with Crippen LogP contribution in [-0.4, -0.2) is 41.7 Å². The molecule has 0 fully saturated rings. The Labute approximate surface area is 162 Å². The predicted molar refractivity (Wildman–Crippen MR) is 105 cm³/mol. The first-order chi connectivity index (χ1) is 13.0. The fourth-order valence-electron chi connectivity index (χ4n) is 2.87. The number of thioether (sulfide) groups is 1. The fourth-order valence-corrected chi connectivity index (χ4v) is 3.66. The molecule has 27 heavy (non-hydrogen) atoms. The van der Waals surface area contributed by atoms with E-state index in [0.29, 0.717) is 40.2 Å². The monoisotopic (exact) mass is 386 g/mol. The molecule has 0 aliphatic carbocycles. The van der Waals surface area contributed by atoms with Gasteiger partial charge in [0.15, 0.2) is 0 Å². The number of aromatic nitrogens is 1. The maximum Gasteiger partial charge on any atom is 0.342 e. The lowest BCUT2D eigenvalue weighted by molar-refractivity contribution is 0.0526. The van der Waals surface area contributed by atoms with Gasteiger partial charge in [0.05, 0.1) is 17.4 Å². The molecule has 0 bridgehead atoms. The highest BCUT2D eigenvalue weighted by molar-refractivity contribution is 7.98. The molecule has 3 rings (SSSR count). The van der Waals surface area contributed by atoms with Crippen LogP contribution in [0.3, 0.4) is 0 Å². The molecule has 0 aliphatic heterocycles. The van der Waals surface area contributed by atoms with Gasteiger partial charge in [0.2, 0.25) is 0 Å². The second kappa shape index (κ2) is 8.45. The molecule has 0 saturated carbocycles. The van der Waals surface area contributed by atoms with E-state index in [1.54, 1.807) is 25.3 Å². The van der Waals surface area contributed by atoms with Crippen molar-refractivity contribution in [3.63, 3.8) is 0 Å². The summed E-state index contributed by atoms with van der Waals surface area (Å²) in [6.07, 6.45) is 1.72. The van der Waals surface area contributed by atoms with E-state index >= 15 is 0 Å². The second-order valence-electron chi connectivity index (χ2n) is 6.25. The number of esters is 1. The highest BCUT2D eigenvalue weighted by Crippen LogP contribution is 2.37. The Kier molecular flexibility index (Phi) is 6.03. The maximum absolute atomic E-state index is 12.7. The molecule has 1 aromatic carbocycles. The van der Waals surface area contributed by atoms with Crippen molar-refractivity contribution in [3.8, 4) is 5.75 Å². The number of ether oxygens (including phenoxy) is 1. The Bertz CT molecular complexity index is 938. The number of hydrogen-bond donors (Lipinski definition) is 1. The average molecular weight is 386 g/mol. The largest absolute Gasteiger partial charge is 0.508 e. The smallest absolute Gasteiger partial charge is 0.342 e. The molecule has 3 aromatic rings. The Balaban J connectivity index is 2.09. The summed E-state index contributed by atoms with van der Waals surface area (Å²) in [5.41, 5.74) is 1.59. The van der Waals surface area contributed by atoms with Crippen LogP contribution in [0.2, 0.25) is 0 Å². The van der Waals surface area contributed by atoms with E-state index in [-0.39, 0.29) is 12.4 Å². The summed E-state index contributed by atoms with van der Waals surface area (Å²) in [6, 6.07) is 8.94. The molecule has 0 amide bonds. The summed E-state index contributed by atoms with van der Waals surface area (Å²) in [5, 5.41) is 11.8. The molecule has 0 unspecified atom stereocenters. The Morgan fingerprint density at radius 1 is 1.30 bits per heavy atom. The van der Waals surface area contributed by atoms with E-state index in [2.05, 4.69) is 4.98 Å². The molecular formula is C20H22N2O4S. The molecule has 7 heteroatoms. The van der Waals surface area contributed by atoms with E-state index in [9.17, 15) is 9.90 Å². The molecule has 0 saturated heterocycles. The minimum Gasteiger partial charge on any atom is -0.508 e. The van der Waals surface area contributed by atoms with Gasteiger partial charge in [0.1, 0.15) is 22.7 Å². The molecule has 1 N–H and O–H groups in total. The number of hydrogen-bond acceptors (Lipinski definition) is 7.